The average molecular weight is 529 g/mol. The van der Waals surface area contributed by atoms with E-state index in [-0.39, 0.29) is 22.3 Å². The molecule has 0 N–H and O–H groups in total. The quantitative estimate of drug-likeness (QED) is 0.367. The van der Waals surface area contributed by atoms with Gasteiger partial charge in [0, 0.05) is 30.5 Å². The number of thiophene rings is 1. The van der Waals surface area contributed by atoms with Crippen LogP contribution in [0.3, 0.4) is 0 Å². The second-order valence-electron chi connectivity index (χ2n) is 8.98. The Balaban J connectivity index is 1.44. The van der Waals surface area contributed by atoms with Gasteiger partial charge in [-0.15, -0.1) is 11.3 Å². The van der Waals surface area contributed by atoms with Gasteiger partial charge in [0.05, 0.1) is 11.7 Å². The molecule has 35 heavy (non-hydrogen) atoms. The number of ketones is 1. The molecule has 0 bridgehead atoms. The number of amides is 1. The molecule has 1 aromatic heterocycles. The highest BCUT2D eigenvalue weighted by Gasteiger charge is 2.38. The van der Waals surface area contributed by atoms with Crippen molar-refractivity contribution in [1.82, 2.24) is 4.31 Å². The van der Waals surface area contributed by atoms with Crippen molar-refractivity contribution in [3.8, 4) is 0 Å². The topological polar surface area (TPSA) is 74.8 Å². The molecule has 0 radical (unpaired) electrons. The number of benzene rings is 2. The highest BCUT2D eigenvalue weighted by atomic mass is 32.2. The van der Waals surface area contributed by atoms with Gasteiger partial charge in [-0.2, -0.15) is 16.1 Å². The minimum Gasteiger partial charge on any atom is -0.308 e. The molecular weight excluding hydrogens is 500 g/mol. The van der Waals surface area contributed by atoms with E-state index in [9.17, 15) is 18.0 Å². The summed E-state index contributed by atoms with van der Waals surface area (Å²) >= 11 is 2.95. The third-order valence-corrected chi connectivity index (χ3v) is 10.8. The molecule has 1 unspecified atom stereocenters. The van der Waals surface area contributed by atoms with Crippen LogP contribution in [0.5, 0.6) is 0 Å². The molecule has 184 valence electrons. The summed E-state index contributed by atoms with van der Waals surface area (Å²) in [6.45, 7) is 1.03. The zero-order valence-corrected chi connectivity index (χ0v) is 22.1. The fourth-order valence-corrected chi connectivity index (χ4v) is 8.41. The Bertz CT molecular complexity index is 1370. The molecule has 1 fully saturated rings. The summed E-state index contributed by atoms with van der Waals surface area (Å²) in [7, 11) is -3.70. The van der Waals surface area contributed by atoms with E-state index in [1.54, 1.807) is 29.3 Å². The predicted molar refractivity (Wildman–Crippen MR) is 143 cm³/mol. The maximum atomic E-state index is 13.5. The van der Waals surface area contributed by atoms with E-state index in [0.717, 1.165) is 47.0 Å². The lowest BCUT2D eigenvalue weighted by atomic mass is 9.93. The second-order valence-corrected chi connectivity index (χ2v) is 13.0. The van der Waals surface area contributed by atoms with Gasteiger partial charge in [0.2, 0.25) is 0 Å². The van der Waals surface area contributed by atoms with Crippen LogP contribution in [0.25, 0.3) is 10.8 Å². The molecule has 0 saturated carbocycles. The van der Waals surface area contributed by atoms with Crippen molar-refractivity contribution in [2.75, 3.05) is 30.0 Å². The lowest BCUT2D eigenvalue weighted by Crippen LogP contribution is -2.48. The molecule has 2 aliphatic heterocycles. The largest absolute Gasteiger partial charge is 0.308 e. The van der Waals surface area contributed by atoms with Gasteiger partial charge in [0.25, 0.3) is 15.9 Å². The van der Waals surface area contributed by atoms with Crippen molar-refractivity contribution in [2.24, 2.45) is 0 Å². The van der Waals surface area contributed by atoms with Crippen LogP contribution in [0.2, 0.25) is 0 Å². The number of carbonyl (C=O) groups excluding carboxylic acids is 2. The van der Waals surface area contributed by atoms with Gasteiger partial charge < -0.3 is 4.90 Å². The Morgan fingerprint density at radius 2 is 2.00 bits per heavy atom. The first-order valence-corrected chi connectivity index (χ1v) is 15.6. The summed E-state index contributed by atoms with van der Waals surface area (Å²) in [5.74, 6) is 0.907. The van der Waals surface area contributed by atoms with Crippen molar-refractivity contribution < 1.29 is 18.0 Å². The number of thioether (sulfide) groups is 1. The van der Waals surface area contributed by atoms with E-state index in [4.69, 9.17) is 0 Å². The Kier molecular flexibility index (Phi) is 7.03. The molecule has 0 spiro atoms. The molecule has 3 heterocycles. The number of sulfonamides is 1. The smallest absolute Gasteiger partial charge is 0.258 e. The first-order chi connectivity index (χ1) is 16.9. The molecule has 0 aliphatic carbocycles. The summed E-state index contributed by atoms with van der Waals surface area (Å²) < 4.78 is 28.2. The van der Waals surface area contributed by atoms with E-state index in [1.807, 2.05) is 35.2 Å². The number of nitrogens with zero attached hydrogens (tertiary/aromatic N) is 2. The summed E-state index contributed by atoms with van der Waals surface area (Å²) in [6.07, 6.45) is 5.23. The van der Waals surface area contributed by atoms with Crippen LogP contribution >= 0.6 is 23.1 Å². The molecule has 1 atom stereocenters. The highest BCUT2D eigenvalue weighted by Crippen LogP contribution is 2.39. The number of piperidine rings is 1. The first kappa shape index (κ1) is 24.5. The normalized spacial score (nSPS) is 18.5. The number of hydrogen-bond donors (Lipinski definition) is 0. The van der Waals surface area contributed by atoms with E-state index >= 15 is 0 Å². The minimum absolute atomic E-state index is 0.00989. The maximum Gasteiger partial charge on any atom is 0.258 e. The number of anilines is 1. The van der Waals surface area contributed by atoms with Gasteiger partial charge in [-0.25, -0.2) is 8.42 Å². The van der Waals surface area contributed by atoms with E-state index in [0.29, 0.717) is 25.1 Å². The van der Waals surface area contributed by atoms with Crippen LogP contribution in [0.4, 0.5) is 5.69 Å². The number of hydrogen-bond acceptors (Lipinski definition) is 6. The van der Waals surface area contributed by atoms with Gasteiger partial charge in [-0.1, -0.05) is 30.7 Å². The molecule has 6 nitrogen and oxygen atoms in total. The van der Waals surface area contributed by atoms with E-state index in [2.05, 4.69) is 6.26 Å². The van der Waals surface area contributed by atoms with E-state index in [1.165, 1.54) is 15.6 Å². The molecule has 1 amide bonds. The third kappa shape index (κ3) is 4.43. The minimum atomic E-state index is -3.70. The maximum absolute atomic E-state index is 13.5. The van der Waals surface area contributed by atoms with Crippen molar-refractivity contribution in [3.05, 3.63) is 59.0 Å². The van der Waals surface area contributed by atoms with Gasteiger partial charge in [-0.3, -0.25) is 9.59 Å². The van der Waals surface area contributed by atoms with Crippen LogP contribution in [0, 0.1) is 0 Å². The van der Waals surface area contributed by atoms with Crippen LogP contribution < -0.4 is 4.90 Å². The molecule has 2 aromatic carbocycles. The van der Waals surface area contributed by atoms with Gasteiger partial charge in [-0.05, 0) is 65.8 Å². The van der Waals surface area contributed by atoms with E-state index < -0.39 is 16.1 Å². The highest BCUT2D eigenvalue weighted by molar-refractivity contribution is 7.98. The number of Topliss-reactive ketones (excluding diaryl/α,β-unsaturated/α-hetero) is 1. The van der Waals surface area contributed by atoms with Crippen molar-refractivity contribution >= 4 is 61.3 Å². The zero-order valence-electron chi connectivity index (χ0n) is 19.6. The van der Waals surface area contributed by atoms with Gasteiger partial charge in [0.15, 0.2) is 5.78 Å². The summed E-state index contributed by atoms with van der Waals surface area (Å²) in [5, 5.41) is 3.54. The van der Waals surface area contributed by atoms with Crippen LogP contribution in [-0.4, -0.2) is 55.6 Å². The molecule has 3 aromatic rings. The van der Waals surface area contributed by atoms with Crippen LogP contribution in [0.1, 0.15) is 41.6 Å². The average Bonchev–Trinajstić information content (AvgIpc) is 3.51. The Morgan fingerprint density at radius 1 is 1.14 bits per heavy atom. The van der Waals surface area contributed by atoms with Gasteiger partial charge in [0.1, 0.15) is 4.21 Å². The van der Waals surface area contributed by atoms with Crippen molar-refractivity contribution in [1.29, 1.82) is 0 Å². The van der Waals surface area contributed by atoms with Crippen molar-refractivity contribution in [2.45, 2.75) is 42.4 Å². The molecule has 2 aliphatic rings. The number of rotatable bonds is 9. The SMILES string of the molecule is CSCCCN1C(=O)c2cccc3c(CC(=O)C4CCCCN4S(=O)(=O)c4cccs4)ccc1c23. The molecular formula is C26H28N2O4S3. The fraction of sp³-hybridized carbons (Fsp3) is 0.385. The van der Waals surface area contributed by atoms with Gasteiger partial charge >= 0.3 is 0 Å². The summed E-state index contributed by atoms with van der Waals surface area (Å²) in [6, 6.07) is 12.2. The molecule has 1 saturated heterocycles. The second kappa shape index (κ2) is 10.0. The Hall–Kier alpha value is -2.20. The summed E-state index contributed by atoms with van der Waals surface area (Å²) in [5.41, 5.74) is 2.42. The lowest BCUT2D eigenvalue weighted by molar-refractivity contribution is -0.122. The number of carbonyl (C=O) groups is 2. The Morgan fingerprint density at radius 3 is 2.77 bits per heavy atom. The van der Waals surface area contributed by atoms with Crippen molar-refractivity contribution in [3.63, 3.8) is 0 Å². The Labute approximate surface area is 214 Å². The van der Waals surface area contributed by atoms with Crippen LogP contribution in [-0.2, 0) is 21.2 Å². The molecule has 9 heteroatoms. The fourth-order valence-electron chi connectivity index (χ4n) is 5.20. The third-order valence-electron chi connectivity index (χ3n) is 6.85. The first-order valence-electron chi connectivity index (χ1n) is 11.9. The summed E-state index contributed by atoms with van der Waals surface area (Å²) in [4.78, 5) is 28.5. The standard InChI is InChI=1S/C26H28N2O4S3/c1-33-15-6-13-27-22-12-11-18(19-7-4-8-20(25(19)22)26(27)30)17-23(29)21-9-2-3-14-28(21)35(31,32)24-10-5-16-34-24/h4-5,7-8,10-12,16,21H,2-3,6,9,13-15,17H2,1H3. The lowest BCUT2D eigenvalue weighted by Gasteiger charge is -2.33. The molecule has 5 rings (SSSR count). The predicted octanol–water partition coefficient (Wildman–Crippen LogP) is 4.97. The monoisotopic (exact) mass is 528 g/mol. The van der Waals surface area contributed by atoms with Crippen LogP contribution in [0.15, 0.2) is 52.1 Å². The zero-order chi connectivity index (χ0) is 24.6.